The van der Waals surface area contributed by atoms with E-state index in [4.69, 9.17) is 4.74 Å². The number of methoxy groups -OCH3 is 1. The van der Waals surface area contributed by atoms with E-state index < -0.39 is 0 Å². The molecule has 0 bridgehead atoms. The third-order valence-corrected chi connectivity index (χ3v) is 3.94. The lowest BCUT2D eigenvalue weighted by molar-refractivity contribution is -0.146. The van der Waals surface area contributed by atoms with Gasteiger partial charge in [0.15, 0.2) is 0 Å². The van der Waals surface area contributed by atoms with Gasteiger partial charge >= 0.3 is 5.97 Å². The lowest BCUT2D eigenvalue weighted by atomic mass is 9.86. The molecule has 0 aromatic carbocycles. The van der Waals surface area contributed by atoms with Crippen LogP contribution in [0.1, 0.15) is 36.9 Å². The van der Waals surface area contributed by atoms with Gasteiger partial charge in [-0.2, -0.15) is 0 Å². The van der Waals surface area contributed by atoms with Gasteiger partial charge in [0.25, 0.3) is 0 Å². The van der Waals surface area contributed by atoms with Gasteiger partial charge in [0.2, 0.25) is 0 Å². The highest BCUT2D eigenvalue weighted by molar-refractivity contribution is 5.72. The van der Waals surface area contributed by atoms with Crippen LogP contribution in [0.4, 0.5) is 0 Å². The Labute approximate surface area is 114 Å². The summed E-state index contributed by atoms with van der Waals surface area (Å²) < 4.78 is 4.80. The Kier molecular flexibility index (Phi) is 4.91. The number of hydrogen-bond donors (Lipinski definition) is 1. The second kappa shape index (κ2) is 6.66. The fourth-order valence-electron chi connectivity index (χ4n) is 2.64. The van der Waals surface area contributed by atoms with Crippen molar-refractivity contribution in [1.82, 2.24) is 10.3 Å². The smallest absolute Gasteiger partial charge is 0.308 e. The number of rotatable bonds is 4. The van der Waals surface area contributed by atoms with Gasteiger partial charge in [-0.05, 0) is 44.2 Å². The molecule has 2 rings (SSSR count). The Morgan fingerprint density at radius 2 is 2.16 bits per heavy atom. The molecule has 1 N–H and O–H groups in total. The van der Waals surface area contributed by atoms with E-state index >= 15 is 0 Å². The fourth-order valence-corrected chi connectivity index (χ4v) is 2.64. The Balaban J connectivity index is 1.77. The first-order valence-electron chi connectivity index (χ1n) is 6.92. The van der Waals surface area contributed by atoms with Crippen molar-refractivity contribution >= 4 is 5.97 Å². The van der Waals surface area contributed by atoms with Gasteiger partial charge in [-0.15, -0.1) is 0 Å². The number of nitrogens with zero attached hydrogens (tertiary/aromatic N) is 1. The zero-order valence-corrected chi connectivity index (χ0v) is 11.7. The first-order valence-corrected chi connectivity index (χ1v) is 6.92. The van der Waals surface area contributed by atoms with Gasteiger partial charge < -0.3 is 10.1 Å². The van der Waals surface area contributed by atoms with Gasteiger partial charge in [0.05, 0.1) is 18.7 Å². The molecule has 1 aromatic heterocycles. The van der Waals surface area contributed by atoms with Gasteiger partial charge in [-0.3, -0.25) is 9.78 Å². The Hall–Kier alpha value is -1.42. The van der Waals surface area contributed by atoms with Crippen LogP contribution in [0, 0.1) is 12.8 Å². The van der Waals surface area contributed by atoms with Gasteiger partial charge in [0, 0.05) is 18.8 Å². The fraction of sp³-hybridized carbons (Fsp3) is 0.600. The molecule has 1 aliphatic rings. The normalized spacial score (nSPS) is 23.1. The van der Waals surface area contributed by atoms with Crippen LogP contribution in [0.25, 0.3) is 0 Å². The molecule has 1 saturated carbocycles. The molecule has 1 fully saturated rings. The summed E-state index contributed by atoms with van der Waals surface area (Å²) in [6.07, 6.45) is 5.74. The summed E-state index contributed by atoms with van der Waals surface area (Å²) in [5.41, 5.74) is 2.33. The zero-order chi connectivity index (χ0) is 13.7. The van der Waals surface area contributed by atoms with Crippen molar-refractivity contribution in [2.75, 3.05) is 7.11 Å². The summed E-state index contributed by atoms with van der Waals surface area (Å²) in [6, 6.07) is 4.53. The average Bonchev–Trinajstić information content (AvgIpc) is 2.46. The number of pyridine rings is 1. The molecule has 0 spiro atoms. The SMILES string of the molecule is COC(=O)[C@H]1CC[C@H](NCc2ncccc2C)CC1. The Bertz CT molecular complexity index is 426. The first kappa shape index (κ1) is 14.0. The van der Waals surface area contributed by atoms with Crippen molar-refractivity contribution in [2.24, 2.45) is 5.92 Å². The van der Waals surface area contributed by atoms with E-state index in [2.05, 4.69) is 23.3 Å². The van der Waals surface area contributed by atoms with Crippen molar-refractivity contribution in [2.45, 2.75) is 45.2 Å². The van der Waals surface area contributed by atoms with Crippen LogP contribution in [0.15, 0.2) is 18.3 Å². The van der Waals surface area contributed by atoms with Crippen LogP contribution in [0.3, 0.4) is 0 Å². The lowest BCUT2D eigenvalue weighted by Crippen LogP contribution is -2.35. The van der Waals surface area contributed by atoms with E-state index in [0.717, 1.165) is 37.9 Å². The molecule has 0 atom stereocenters. The molecule has 4 heteroatoms. The van der Waals surface area contributed by atoms with Crippen molar-refractivity contribution in [3.05, 3.63) is 29.6 Å². The van der Waals surface area contributed by atoms with Crippen molar-refractivity contribution in [3.63, 3.8) is 0 Å². The molecule has 0 aliphatic heterocycles. The molecular formula is C15H22N2O2. The second-order valence-electron chi connectivity index (χ2n) is 5.22. The Morgan fingerprint density at radius 1 is 1.42 bits per heavy atom. The van der Waals surface area contributed by atoms with Crippen LogP contribution in [-0.4, -0.2) is 24.1 Å². The van der Waals surface area contributed by atoms with Gasteiger partial charge in [-0.1, -0.05) is 6.07 Å². The van der Waals surface area contributed by atoms with Crippen LogP contribution in [0.5, 0.6) is 0 Å². The summed E-state index contributed by atoms with van der Waals surface area (Å²) >= 11 is 0. The van der Waals surface area contributed by atoms with E-state index in [0.29, 0.717) is 6.04 Å². The minimum Gasteiger partial charge on any atom is -0.469 e. The maximum atomic E-state index is 11.4. The molecule has 1 heterocycles. The maximum absolute atomic E-state index is 11.4. The van der Waals surface area contributed by atoms with Crippen LogP contribution < -0.4 is 5.32 Å². The Morgan fingerprint density at radius 3 is 2.79 bits per heavy atom. The summed E-state index contributed by atoms with van der Waals surface area (Å²) in [5, 5.41) is 3.54. The number of aromatic nitrogens is 1. The zero-order valence-electron chi connectivity index (χ0n) is 11.7. The third kappa shape index (κ3) is 3.77. The van der Waals surface area contributed by atoms with E-state index in [1.165, 1.54) is 12.7 Å². The monoisotopic (exact) mass is 262 g/mol. The second-order valence-corrected chi connectivity index (χ2v) is 5.22. The minimum atomic E-state index is -0.0565. The quantitative estimate of drug-likeness (QED) is 0.845. The topological polar surface area (TPSA) is 51.2 Å². The van der Waals surface area contributed by atoms with Crippen molar-refractivity contribution < 1.29 is 9.53 Å². The van der Waals surface area contributed by atoms with Gasteiger partial charge in [0.1, 0.15) is 0 Å². The van der Waals surface area contributed by atoms with E-state index in [-0.39, 0.29) is 11.9 Å². The van der Waals surface area contributed by atoms with Crippen molar-refractivity contribution in [1.29, 1.82) is 0 Å². The highest BCUT2D eigenvalue weighted by atomic mass is 16.5. The van der Waals surface area contributed by atoms with E-state index in [1.807, 2.05) is 12.3 Å². The van der Waals surface area contributed by atoms with Crippen LogP contribution in [-0.2, 0) is 16.1 Å². The summed E-state index contributed by atoms with van der Waals surface area (Å²) in [6.45, 7) is 2.89. The highest BCUT2D eigenvalue weighted by Crippen LogP contribution is 2.25. The number of esters is 1. The lowest BCUT2D eigenvalue weighted by Gasteiger charge is -2.27. The number of carbonyl (C=O) groups is 1. The molecule has 0 saturated heterocycles. The molecule has 104 valence electrons. The molecule has 0 unspecified atom stereocenters. The number of carbonyl (C=O) groups excluding carboxylic acids is 1. The number of ether oxygens (including phenoxy) is 1. The maximum Gasteiger partial charge on any atom is 0.308 e. The molecule has 4 nitrogen and oxygen atoms in total. The summed E-state index contributed by atoms with van der Waals surface area (Å²) in [4.78, 5) is 15.8. The number of nitrogens with one attached hydrogen (secondary N) is 1. The summed E-state index contributed by atoms with van der Waals surface area (Å²) in [7, 11) is 1.47. The highest BCUT2D eigenvalue weighted by Gasteiger charge is 2.26. The van der Waals surface area contributed by atoms with Crippen LogP contribution >= 0.6 is 0 Å². The van der Waals surface area contributed by atoms with Crippen molar-refractivity contribution in [3.8, 4) is 0 Å². The van der Waals surface area contributed by atoms with E-state index in [1.54, 1.807) is 0 Å². The molecule has 1 aliphatic carbocycles. The van der Waals surface area contributed by atoms with Gasteiger partial charge in [-0.25, -0.2) is 0 Å². The van der Waals surface area contributed by atoms with E-state index in [9.17, 15) is 4.79 Å². The minimum absolute atomic E-state index is 0.0565. The molecule has 1 aromatic rings. The predicted octanol–water partition coefficient (Wildman–Crippen LogP) is 2.21. The average molecular weight is 262 g/mol. The number of aryl methyl sites for hydroxylation is 1. The largest absolute Gasteiger partial charge is 0.469 e. The first-order chi connectivity index (χ1) is 9.20. The standard InChI is InChI=1S/C15H22N2O2/c1-11-4-3-9-16-14(11)10-17-13-7-5-12(6-8-13)15(18)19-2/h3-4,9,12-13,17H,5-8,10H2,1-2H3/t12-,13-. The molecule has 0 radical (unpaired) electrons. The number of hydrogen-bond acceptors (Lipinski definition) is 4. The third-order valence-electron chi connectivity index (χ3n) is 3.94. The van der Waals surface area contributed by atoms with Crippen LogP contribution in [0.2, 0.25) is 0 Å². The molecular weight excluding hydrogens is 240 g/mol. The molecule has 0 amide bonds. The summed E-state index contributed by atoms with van der Waals surface area (Å²) in [5.74, 6) is 0.0404. The molecule has 19 heavy (non-hydrogen) atoms. The predicted molar refractivity (Wildman–Crippen MR) is 73.6 cm³/mol.